The van der Waals surface area contributed by atoms with Crippen molar-refractivity contribution in [2.75, 3.05) is 25.0 Å². The smallest absolute Gasteiger partial charge is 0.321 e. The molecule has 1 saturated heterocycles. The number of carbonyl (C=O) groups is 1. The predicted molar refractivity (Wildman–Crippen MR) is 74.5 cm³/mol. The molecule has 98 valence electrons. The molecule has 2 rings (SSSR count). The van der Waals surface area contributed by atoms with Gasteiger partial charge in [0.25, 0.3) is 0 Å². The van der Waals surface area contributed by atoms with Crippen molar-refractivity contribution in [2.24, 2.45) is 0 Å². The van der Waals surface area contributed by atoms with Gasteiger partial charge in [0.05, 0.1) is 10.0 Å². The van der Waals surface area contributed by atoms with Crippen molar-refractivity contribution in [3.05, 3.63) is 28.2 Å². The van der Waals surface area contributed by atoms with Crippen LogP contribution in [-0.2, 0) is 0 Å². The lowest BCUT2D eigenvalue weighted by Crippen LogP contribution is -2.52. The number of hydrogen-bond donors (Lipinski definition) is 2. The summed E-state index contributed by atoms with van der Waals surface area (Å²) in [4.78, 5) is 13.8. The number of amides is 2. The van der Waals surface area contributed by atoms with Crippen LogP contribution in [0.15, 0.2) is 18.2 Å². The van der Waals surface area contributed by atoms with E-state index in [0.29, 0.717) is 34.9 Å². The van der Waals surface area contributed by atoms with E-state index in [0.717, 1.165) is 6.54 Å². The Morgan fingerprint density at radius 2 is 2.22 bits per heavy atom. The van der Waals surface area contributed by atoms with Crippen molar-refractivity contribution in [1.29, 1.82) is 0 Å². The minimum absolute atomic E-state index is 0.110. The van der Waals surface area contributed by atoms with Gasteiger partial charge in [-0.15, -0.1) is 0 Å². The molecule has 0 saturated carbocycles. The first kappa shape index (κ1) is 13.5. The number of benzene rings is 1. The molecule has 18 heavy (non-hydrogen) atoms. The van der Waals surface area contributed by atoms with Crippen LogP contribution >= 0.6 is 23.2 Å². The van der Waals surface area contributed by atoms with Gasteiger partial charge in [-0.2, -0.15) is 0 Å². The second-order valence-corrected chi connectivity index (χ2v) is 5.17. The van der Waals surface area contributed by atoms with Crippen LogP contribution in [0.2, 0.25) is 10.0 Å². The van der Waals surface area contributed by atoms with Crippen molar-refractivity contribution in [3.8, 4) is 0 Å². The van der Waals surface area contributed by atoms with Crippen LogP contribution in [0.3, 0.4) is 0 Å². The Hall–Kier alpha value is -0.970. The molecule has 6 heteroatoms. The molecule has 1 heterocycles. The molecular formula is C12H15Cl2N3O. The first-order valence-corrected chi connectivity index (χ1v) is 6.56. The number of hydrogen-bond acceptors (Lipinski definition) is 2. The Bertz CT molecular complexity index is 453. The standard InChI is InChI=1S/C12H15Cl2N3O/c1-8-7-17(5-4-15-8)12(18)16-9-2-3-10(13)11(14)6-9/h2-3,6,8,15H,4-5,7H2,1H3,(H,16,18)/t8-/m0/s1. The van der Waals surface area contributed by atoms with E-state index in [-0.39, 0.29) is 6.03 Å². The zero-order chi connectivity index (χ0) is 13.1. The first-order chi connectivity index (χ1) is 8.56. The van der Waals surface area contributed by atoms with Gasteiger partial charge in [-0.05, 0) is 25.1 Å². The fourth-order valence-corrected chi connectivity index (χ4v) is 2.19. The fourth-order valence-electron chi connectivity index (χ4n) is 1.89. The van der Waals surface area contributed by atoms with E-state index in [4.69, 9.17) is 23.2 Å². The zero-order valence-corrected chi connectivity index (χ0v) is 11.6. The molecule has 1 aliphatic heterocycles. The number of carbonyl (C=O) groups excluding carboxylic acids is 1. The summed E-state index contributed by atoms with van der Waals surface area (Å²) in [6, 6.07) is 5.26. The van der Waals surface area contributed by atoms with E-state index in [9.17, 15) is 4.79 Å². The van der Waals surface area contributed by atoms with E-state index in [1.165, 1.54) is 0 Å². The number of nitrogens with one attached hydrogen (secondary N) is 2. The highest BCUT2D eigenvalue weighted by Gasteiger charge is 2.20. The molecule has 4 nitrogen and oxygen atoms in total. The maximum atomic E-state index is 12.0. The van der Waals surface area contributed by atoms with Gasteiger partial charge in [0, 0.05) is 31.4 Å². The molecule has 1 aliphatic rings. The monoisotopic (exact) mass is 287 g/mol. The van der Waals surface area contributed by atoms with Gasteiger partial charge in [0.1, 0.15) is 0 Å². The second kappa shape index (κ2) is 5.78. The van der Waals surface area contributed by atoms with Crippen LogP contribution in [0, 0.1) is 0 Å². The number of halogens is 2. The molecule has 0 radical (unpaired) electrons. The van der Waals surface area contributed by atoms with Crippen LogP contribution in [0.25, 0.3) is 0 Å². The molecule has 2 amide bonds. The van der Waals surface area contributed by atoms with Crippen molar-refractivity contribution >= 4 is 34.9 Å². The highest BCUT2D eigenvalue weighted by Crippen LogP contribution is 2.25. The van der Waals surface area contributed by atoms with Gasteiger partial charge >= 0.3 is 6.03 Å². The summed E-state index contributed by atoms with van der Waals surface area (Å²) in [5.41, 5.74) is 0.653. The SMILES string of the molecule is C[C@H]1CN(C(=O)Nc2ccc(Cl)c(Cl)c2)CCN1. The molecule has 1 fully saturated rings. The van der Waals surface area contributed by atoms with Gasteiger partial charge in [0.2, 0.25) is 0 Å². The normalized spacial score (nSPS) is 19.7. The third-order valence-electron chi connectivity index (χ3n) is 2.83. The Kier molecular flexibility index (Phi) is 4.32. The summed E-state index contributed by atoms with van der Waals surface area (Å²) in [6.45, 7) is 4.28. The summed E-state index contributed by atoms with van der Waals surface area (Å²) in [5, 5.41) is 7.01. The third kappa shape index (κ3) is 3.28. The molecule has 0 aliphatic carbocycles. The van der Waals surface area contributed by atoms with E-state index in [1.54, 1.807) is 23.1 Å². The van der Waals surface area contributed by atoms with Crippen LogP contribution in [0.5, 0.6) is 0 Å². The Balaban J connectivity index is 2.00. The number of piperazine rings is 1. The van der Waals surface area contributed by atoms with Crippen molar-refractivity contribution < 1.29 is 4.79 Å². The van der Waals surface area contributed by atoms with Crippen molar-refractivity contribution in [1.82, 2.24) is 10.2 Å². The lowest BCUT2D eigenvalue weighted by Gasteiger charge is -2.31. The largest absolute Gasteiger partial charge is 0.322 e. The van der Waals surface area contributed by atoms with E-state index >= 15 is 0 Å². The maximum Gasteiger partial charge on any atom is 0.321 e. The molecule has 0 bridgehead atoms. The second-order valence-electron chi connectivity index (χ2n) is 4.36. The van der Waals surface area contributed by atoms with Crippen LogP contribution in [0.1, 0.15) is 6.92 Å². The van der Waals surface area contributed by atoms with Gasteiger partial charge in [-0.1, -0.05) is 23.2 Å². The molecule has 0 aromatic heterocycles. The van der Waals surface area contributed by atoms with Crippen LogP contribution in [0.4, 0.5) is 10.5 Å². The summed E-state index contributed by atoms with van der Waals surface area (Å²) < 4.78 is 0. The highest BCUT2D eigenvalue weighted by atomic mass is 35.5. The van der Waals surface area contributed by atoms with E-state index in [1.807, 2.05) is 0 Å². The highest BCUT2D eigenvalue weighted by molar-refractivity contribution is 6.42. The van der Waals surface area contributed by atoms with E-state index in [2.05, 4.69) is 17.6 Å². The Morgan fingerprint density at radius 3 is 2.89 bits per heavy atom. The minimum Gasteiger partial charge on any atom is -0.322 e. The van der Waals surface area contributed by atoms with Crippen molar-refractivity contribution in [3.63, 3.8) is 0 Å². The number of rotatable bonds is 1. The third-order valence-corrected chi connectivity index (χ3v) is 3.57. The van der Waals surface area contributed by atoms with Gasteiger partial charge in [0.15, 0.2) is 0 Å². The Morgan fingerprint density at radius 1 is 1.44 bits per heavy atom. The maximum absolute atomic E-state index is 12.0. The summed E-state index contributed by atoms with van der Waals surface area (Å²) in [6.07, 6.45) is 0. The lowest BCUT2D eigenvalue weighted by atomic mass is 10.2. The average molecular weight is 288 g/mol. The fraction of sp³-hybridized carbons (Fsp3) is 0.417. The Labute approximate surface area is 116 Å². The van der Waals surface area contributed by atoms with Gasteiger partial charge in [-0.3, -0.25) is 0 Å². The number of anilines is 1. The minimum atomic E-state index is -0.110. The van der Waals surface area contributed by atoms with Crippen LogP contribution < -0.4 is 10.6 Å². The molecule has 1 atom stereocenters. The molecule has 0 unspecified atom stereocenters. The van der Waals surface area contributed by atoms with Crippen LogP contribution in [-0.4, -0.2) is 36.6 Å². The predicted octanol–water partition coefficient (Wildman–Crippen LogP) is 2.82. The number of nitrogens with zero attached hydrogens (tertiary/aromatic N) is 1. The summed E-state index contributed by atoms with van der Waals surface area (Å²) >= 11 is 11.7. The molecular weight excluding hydrogens is 273 g/mol. The summed E-state index contributed by atoms with van der Waals surface area (Å²) in [7, 11) is 0. The zero-order valence-electron chi connectivity index (χ0n) is 10.0. The quantitative estimate of drug-likeness (QED) is 0.834. The van der Waals surface area contributed by atoms with Crippen molar-refractivity contribution in [2.45, 2.75) is 13.0 Å². The van der Waals surface area contributed by atoms with Gasteiger partial charge in [-0.25, -0.2) is 4.79 Å². The summed E-state index contributed by atoms with van der Waals surface area (Å²) in [5.74, 6) is 0. The topological polar surface area (TPSA) is 44.4 Å². The first-order valence-electron chi connectivity index (χ1n) is 5.80. The molecule has 0 spiro atoms. The average Bonchev–Trinajstić information content (AvgIpc) is 2.34. The number of urea groups is 1. The molecule has 1 aromatic rings. The van der Waals surface area contributed by atoms with Gasteiger partial charge < -0.3 is 15.5 Å². The molecule has 1 aromatic carbocycles. The lowest BCUT2D eigenvalue weighted by molar-refractivity contribution is 0.192. The van der Waals surface area contributed by atoms with E-state index < -0.39 is 0 Å². The molecule has 2 N–H and O–H groups in total.